The van der Waals surface area contributed by atoms with E-state index in [0.29, 0.717) is 19.3 Å². The van der Waals surface area contributed by atoms with E-state index >= 15 is 0 Å². The molecule has 3 aliphatic rings. The van der Waals surface area contributed by atoms with Crippen molar-refractivity contribution in [1.82, 2.24) is 5.32 Å². The molecular weight excluding hydrogens is 334 g/mol. The quantitative estimate of drug-likeness (QED) is 0.519. The summed E-state index contributed by atoms with van der Waals surface area (Å²) in [5.41, 5.74) is 2.37. The second kappa shape index (κ2) is 7.31. The Morgan fingerprint density at radius 3 is 2.73 bits per heavy atom. The second-order valence-electron chi connectivity index (χ2n) is 9.01. The van der Waals surface area contributed by atoms with E-state index in [1.165, 1.54) is 5.57 Å². The van der Waals surface area contributed by atoms with Crippen LogP contribution in [0.15, 0.2) is 11.1 Å². The van der Waals surface area contributed by atoms with Gasteiger partial charge >= 0.3 is 5.97 Å². The average Bonchev–Trinajstić information content (AvgIpc) is 3.13. The summed E-state index contributed by atoms with van der Waals surface area (Å²) in [7, 11) is 0. The molecule has 6 nitrogen and oxygen atoms in total. The maximum Gasteiger partial charge on any atom is 0.328 e. The number of rotatable bonds is 4. The second-order valence-corrected chi connectivity index (χ2v) is 9.01. The molecule has 0 aromatic heterocycles. The molecule has 1 heterocycles. The molecule has 1 amide bonds. The van der Waals surface area contributed by atoms with Crippen LogP contribution in [0.25, 0.3) is 0 Å². The molecule has 2 fully saturated rings. The van der Waals surface area contributed by atoms with Crippen LogP contribution in [0.1, 0.15) is 52.9 Å². The lowest BCUT2D eigenvalue weighted by molar-refractivity contribution is -0.145. The van der Waals surface area contributed by atoms with Crippen molar-refractivity contribution in [3.05, 3.63) is 11.1 Å². The molecule has 1 saturated heterocycles. The third-order valence-electron chi connectivity index (χ3n) is 6.43. The summed E-state index contributed by atoms with van der Waals surface area (Å²) in [6.07, 6.45) is 2.74. The Kier molecular flexibility index (Phi) is 5.45. The first-order chi connectivity index (χ1) is 12.2. The van der Waals surface area contributed by atoms with Gasteiger partial charge in [-0.05, 0) is 48.5 Å². The number of esters is 1. The number of carbonyl (C=O) groups excluding carboxylic acids is 2. The van der Waals surface area contributed by atoms with Crippen molar-refractivity contribution in [1.29, 1.82) is 0 Å². The summed E-state index contributed by atoms with van der Waals surface area (Å²) in [5.74, 6) is -0.328. The summed E-state index contributed by atoms with van der Waals surface area (Å²) in [6, 6.07) is -0.563. The van der Waals surface area contributed by atoms with Gasteiger partial charge in [0, 0.05) is 18.9 Å². The molecule has 3 rings (SSSR count). The Labute approximate surface area is 155 Å². The van der Waals surface area contributed by atoms with E-state index in [-0.39, 0.29) is 42.3 Å². The van der Waals surface area contributed by atoms with Crippen LogP contribution in [0.2, 0.25) is 0 Å². The van der Waals surface area contributed by atoms with Gasteiger partial charge in [0.1, 0.15) is 12.6 Å². The standard InChI is InChI=1S/C20H31NO5/c1-11-13-7-20(2,3)8-14(13)15(12(9-22)6-17(11)23)10-26-19(25)16-4-5-18(24)21-16/h11-13,16-17,22-23H,4-10H2,1-3H3,(H,21,24)/t11-,12-,13+,16+,17-/m1/s1. The fourth-order valence-electron chi connectivity index (χ4n) is 4.91. The monoisotopic (exact) mass is 365 g/mol. The number of carbonyl (C=O) groups is 2. The van der Waals surface area contributed by atoms with Crippen LogP contribution in [0, 0.1) is 23.2 Å². The van der Waals surface area contributed by atoms with E-state index in [1.807, 2.05) is 0 Å². The summed E-state index contributed by atoms with van der Waals surface area (Å²) in [4.78, 5) is 23.6. The highest BCUT2D eigenvalue weighted by molar-refractivity contribution is 5.88. The Bertz CT molecular complexity index is 611. The van der Waals surface area contributed by atoms with Crippen LogP contribution in [0.5, 0.6) is 0 Å². The molecule has 1 saturated carbocycles. The van der Waals surface area contributed by atoms with Gasteiger partial charge in [0.25, 0.3) is 0 Å². The average molecular weight is 365 g/mol. The molecule has 1 aliphatic heterocycles. The van der Waals surface area contributed by atoms with Crippen molar-refractivity contribution in [2.45, 2.75) is 65.0 Å². The van der Waals surface area contributed by atoms with Crippen LogP contribution in [-0.4, -0.2) is 47.4 Å². The van der Waals surface area contributed by atoms with Crippen molar-refractivity contribution < 1.29 is 24.5 Å². The van der Waals surface area contributed by atoms with E-state index in [2.05, 4.69) is 26.1 Å². The lowest BCUT2D eigenvalue weighted by Crippen LogP contribution is -2.35. The Balaban J connectivity index is 1.81. The molecule has 2 aliphatic carbocycles. The van der Waals surface area contributed by atoms with Gasteiger partial charge < -0.3 is 20.3 Å². The number of nitrogens with one attached hydrogen (secondary N) is 1. The predicted octanol–water partition coefficient (Wildman–Crippen LogP) is 1.55. The van der Waals surface area contributed by atoms with Gasteiger partial charge in [0.15, 0.2) is 0 Å². The molecule has 26 heavy (non-hydrogen) atoms. The number of ether oxygens (including phenoxy) is 1. The maximum atomic E-state index is 12.3. The van der Waals surface area contributed by atoms with E-state index in [4.69, 9.17) is 4.74 Å². The molecule has 0 radical (unpaired) electrons. The topological polar surface area (TPSA) is 95.9 Å². The molecule has 0 spiro atoms. The van der Waals surface area contributed by atoms with Gasteiger partial charge in [-0.2, -0.15) is 0 Å². The fraction of sp³-hybridized carbons (Fsp3) is 0.800. The zero-order valence-electron chi connectivity index (χ0n) is 16.0. The zero-order valence-corrected chi connectivity index (χ0v) is 16.0. The van der Waals surface area contributed by atoms with Crippen molar-refractivity contribution in [3.8, 4) is 0 Å². The van der Waals surface area contributed by atoms with E-state index in [0.717, 1.165) is 18.4 Å². The third-order valence-corrected chi connectivity index (χ3v) is 6.43. The van der Waals surface area contributed by atoms with Gasteiger partial charge in [-0.1, -0.05) is 26.3 Å². The van der Waals surface area contributed by atoms with Crippen molar-refractivity contribution >= 4 is 11.9 Å². The lowest BCUT2D eigenvalue weighted by atomic mass is 9.83. The number of amides is 1. The summed E-state index contributed by atoms with van der Waals surface area (Å²) >= 11 is 0. The minimum atomic E-state index is -0.563. The third kappa shape index (κ3) is 3.81. The zero-order chi connectivity index (χ0) is 19.1. The Hall–Kier alpha value is -1.40. The van der Waals surface area contributed by atoms with Crippen LogP contribution in [0.4, 0.5) is 0 Å². The smallest absolute Gasteiger partial charge is 0.328 e. The van der Waals surface area contributed by atoms with Crippen molar-refractivity contribution in [2.75, 3.05) is 13.2 Å². The molecule has 6 heteroatoms. The number of allylic oxidation sites excluding steroid dienone is 1. The number of hydrogen-bond acceptors (Lipinski definition) is 5. The first-order valence-corrected chi connectivity index (χ1v) is 9.68. The molecule has 0 bridgehead atoms. The van der Waals surface area contributed by atoms with E-state index in [9.17, 15) is 19.8 Å². The van der Waals surface area contributed by atoms with E-state index < -0.39 is 18.1 Å². The minimum Gasteiger partial charge on any atom is -0.460 e. The highest BCUT2D eigenvalue weighted by Gasteiger charge is 2.44. The van der Waals surface area contributed by atoms with Gasteiger partial charge in [0.05, 0.1) is 6.10 Å². The summed E-state index contributed by atoms with van der Waals surface area (Å²) < 4.78 is 5.54. The lowest BCUT2D eigenvalue weighted by Gasteiger charge is -2.25. The Morgan fingerprint density at radius 2 is 2.12 bits per heavy atom. The number of hydrogen-bond donors (Lipinski definition) is 3. The van der Waals surface area contributed by atoms with Crippen LogP contribution in [0.3, 0.4) is 0 Å². The highest BCUT2D eigenvalue weighted by Crippen LogP contribution is 2.52. The molecule has 0 aromatic carbocycles. The van der Waals surface area contributed by atoms with Gasteiger partial charge in [-0.3, -0.25) is 4.79 Å². The first kappa shape index (κ1) is 19.4. The Morgan fingerprint density at radius 1 is 1.38 bits per heavy atom. The van der Waals surface area contributed by atoms with Crippen molar-refractivity contribution in [2.24, 2.45) is 23.2 Å². The maximum absolute atomic E-state index is 12.3. The molecule has 3 N–H and O–H groups in total. The summed E-state index contributed by atoms with van der Waals surface area (Å²) in [6.45, 7) is 6.60. The van der Waals surface area contributed by atoms with Crippen molar-refractivity contribution in [3.63, 3.8) is 0 Å². The van der Waals surface area contributed by atoms with Crippen LogP contribution >= 0.6 is 0 Å². The predicted molar refractivity (Wildman–Crippen MR) is 96.0 cm³/mol. The fourth-order valence-corrected chi connectivity index (χ4v) is 4.91. The van der Waals surface area contributed by atoms with Gasteiger partial charge in [-0.15, -0.1) is 0 Å². The SMILES string of the molecule is C[C@H]1[C@H](O)C[C@H](CO)C(COC(=O)[C@@H]2CCC(=O)N2)=C2CC(C)(C)C[C@H]21. The number of fused-ring (bicyclic) bond motifs is 1. The van der Waals surface area contributed by atoms with Gasteiger partial charge in [0.2, 0.25) is 5.91 Å². The molecule has 146 valence electrons. The first-order valence-electron chi connectivity index (χ1n) is 9.68. The number of aliphatic hydroxyl groups excluding tert-OH is 2. The van der Waals surface area contributed by atoms with E-state index in [1.54, 1.807) is 0 Å². The molecular formula is C20H31NO5. The van der Waals surface area contributed by atoms with Crippen LogP contribution < -0.4 is 5.32 Å². The summed E-state index contributed by atoms with van der Waals surface area (Å²) in [5, 5.41) is 23.1. The molecule has 0 unspecified atom stereocenters. The number of aliphatic hydroxyl groups is 2. The molecule has 5 atom stereocenters. The minimum absolute atomic E-state index is 0.0620. The molecule has 0 aromatic rings. The highest BCUT2D eigenvalue weighted by atomic mass is 16.5. The largest absolute Gasteiger partial charge is 0.460 e. The normalized spacial score (nSPS) is 36.5. The van der Waals surface area contributed by atoms with Crippen LogP contribution in [-0.2, 0) is 14.3 Å². The van der Waals surface area contributed by atoms with Gasteiger partial charge in [-0.25, -0.2) is 4.79 Å².